The summed E-state index contributed by atoms with van der Waals surface area (Å²) < 4.78 is 0. The lowest BCUT2D eigenvalue weighted by atomic mass is 10.0. The van der Waals surface area contributed by atoms with E-state index in [0.29, 0.717) is 45.2 Å². The number of rotatable bonds is 8. The van der Waals surface area contributed by atoms with E-state index in [1.165, 1.54) is 9.80 Å². The number of thiol groups is 1. The van der Waals surface area contributed by atoms with Crippen LogP contribution in [0.1, 0.15) is 31.2 Å². The summed E-state index contributed by atoms with van der Waals surface area (Å²) >= 11 is 4.19. The number of nitrogens with one attached hydrogen (secondary N) is 1. The highest BCUT2D eigenvalue weighted by Crippen LogP contribution is 2.21. The Bertz CT molecular complexity index is 852. The van der Waals surface area contributed by atoms with Crippen LogP contribution >= 0.6 is 12.6 Å². The van der Waals surface area contributed by atoms with Crippen LogP contribution in [0.5, 0.6) is 0 Å². The zero-order valence-electron chi connectivity index (χ0n) is 17.9. The Labute approximate surface area is 192 Å². The van der Waals surface area contributed by atoms with E-state index in [4.69, 9.17) is 5.73 Å². The Morgan fingerprint density at radius 2 is 1.62 bits per heavy atom. The van der Waals surface area contributed by atoms with E-state index >= 15 is 0 Å². The van der Waals surface area contributed by atoms with E-state index in [9.17, 15) is 24.3 Å². The van der Waals surface area contributed by atoms with Crippen molar-refractivity contribution >= 4 is 36.3 Å². The molecule has 1 aromatic carbocycles. The molecular weight excluding hydrogens is 432 g/mol. The molecule has 1 aromatic rings. The molecule has 0 aromatic heterocycles. The number of carbonyl (C=O) groups is 4. The predicted octanol–water partition coefficient (Wildman–Crippen LogP) is 0.0376. The fourth-order valence-electron chi connectivity index (χ4n) is 4.41. The highest BCUT2D eigenvalue weighted by molar-refractivity contribution is 7.80. The molecule has 3 amide bonds. The second-order valence-corrected chi connectivity index (χ2v) is 8.62. The standard InChI is InChI=1S/C22H30N4O5S/c23-15(12-14-6-2-1-3-7-14)20(28)25-10-4-8-17(25)19(27)24-16(13-32)21(29)26-11-5-9-18(26)22(30)31/h1-3,6-7,15-18,32H,4-5,8-13,23H2,(H,24,27)(H,30,31). The minimum absolute atomic E-state index is 0.0294. The number of hydrogen-bond acceptors (Lipinski definition) is 6. The average Bonchev–Trinajstić information content (AvgIpc) is 3.47. The van der Waals surface area contributed by atoms with Gasteiger partial charge >= 0.3 is 5.97 Å². The summed E-state index contributed by atoms with van der Waals surface area (Å²) in [7, 11) is 0. The van der Waals surface area contributed by atoms with E-state index in [0.717, 1.165) is 5.56 Å². The third-order valence-corrected chi connectivity index (χ3v) is 6.44. The molecule has 4 atom stereocenters. The van der Waals surface area contributed by atoms with Gasteiger partial charge in [0.2, 0.25) is 17.7 Å². The normalized spacial score (nSPS) is 22.4. The van der Waals surface area contributed by atoms with Gasteiger partial charge in [0.05, 0.1) is 6.04 Å². The van der Waals surface area contributed by atoms with Gasteiger partial charge in [0.15, 0.2) is 0 Å². The smallest absolute Gasteiger partial charge is 0.326 e. The molecule has 3 rings (SSSR count). The monoisotopic (exact) mass is 462 g/mol. The van der Waals surface area contributed by atoms with Gasteiger partial charge in [-0.3, -0.25) is 14.4 Å². The Kier molecular flexibility index (Phi) is 8.14. The van der Waals surface area contributed by atoms with Crippen LogP contribution < -0.4 is 11.1 Å². The molecule has 2 aliphatic rings. The van der Waals surface area contributed by atoms with E-state index < -0.39 is 42.0 Å². The van der Waals surface area contributed by atoms with Crippen LogP contribution in [0.4, 0.5) is 0 Å². The molecule has 4 unspecified atom stereocenters. The van der Waals surface area contributed by atoms with Crippen LogP contribution in [-0.4, -0.2) is 81.6 Å². The SMILES string of the molecule is NC(Cc1ccccc1)C(=O)N1CCCC1C(=O)NC(CS)C(=O)N1CCCC1C(=O)O. The first-order chi connectivity index (χ1) is 15.3. The van der Waals surface area contributed by atoms with Gasteiger partial charge in [0.1, 0.15) is 18.1 Å². The number of carboxylic acids is 1. The Balaban J connectivity index is 1.63. The number of carbonyl (C=O) groups excluding carboxylic acids is 3. The van der Waals surface area contributed by atoms with Crippen molar-refractivity contribution < 1.29 is 24.3 Å². The van der Waals surface area contributed by atoms with Crippen LogP contribution in [0, 0.1) is 0 Å². The summed E-state index contributed by atoms with van der Waals surface area (Å²) in [6.45, 7) is 0.754. The highest BCUT2D eigenvalue weighted by atomic mass is 32.1. The van der Waals surface area contributed by atoms with Gasteiger partial charge in [-0.1, -0.05) is 30.3 Å². The van der Waals surface area contributed by atoms with Crippen molar-refractivity contribution in [2.75, 3.05) is 18.8 Å². The summed E-state index contributed by atoms with van der Waals surface area (Å²) in [5.74, 6) is -2.23. The van der Waals surface area contributed by atoms with Gasteiger partial charge in [-0.25, -0.2) is 4.79 Å². The second kappa shape index (κ2) is 10.8. The third-order valence-electron chi connectivity index (χ3n) is 6.07. The Hall–Kier alpha value is -2.59. The number of benzene rings is 1. The number of hydrogen-bond donors (Lipinski definition) is 4. The summed E-state index contributed by atoms with van der Waals surface area (Å²) in [6.07, 6.45) is 2.49. The predicted molar refractivity (Wildman–Crippen MR) is 121 cm³/mol. The van der Waals surface area contributed by atoms with Crippen LogP contribution in [-0.2, 0) is 25.6 Å². The number of amides is 3. The van der Waals surface area contributed by atoms with Crippen molar-refractivity contribution in [3.8, 4) is 0 Å². The molecule has 4 N–H and O–H groups in total. The molecule has 0 aliphatic carbocycles. The maximum Gasteiger partial charge on any atom is 0.326 e. The molecular formula is C22H30N4O5S. The molecule has 0 bridgehead atoms. The lowest BCUT2D eigenvalue weighted by Crippen LogP contribution is -2.57. The minimum atomic E-state index is -1.06. The first-order valence-electron chi connectivity index (χ1n) is 10.9. The fourth-order valence-corrected chi connectivity index (χ4v) is 4.66. The summed E-state index contributed by atoms with van der Waals surface area (Å²) in [5.41, 5.74) is 7.08. The van der Waals surface area contributed by atoms with Gasteiger partial charge in [-0.2, -0.15) is 12.6 Å². The summed E-state index contributed by atoms with van der Waals surface area (Å²) in [4.78, 5) is 53.0. The topological polar surface area (TPSA) is 133 Å². The molecule has 9 nitrogen and oxygen atoms in total. The van der Waals surface area contributed by atoms with Crippen molar-refractivity contribution in [2.24, 2.45) is 5.73 Å². The van der Waals surface area contributed by atoms with Gasteiger partial charge in [-0.05, 0) is 37.7 Å². The Morgan fingerprint density at radius 1 is 1.03 bits per heavy atom. The first-order valence-corrected chi connectivity index (χ1v) is 11.5. The van der Waals surface area contributed by atoms with E-state index in [1.807, 2.05) is 30.3 Å². The molecule has 32 heavy (non-hydrogen) atoms. The molecule has 0 radical (unpaired) electrons. The van der Waals surface area contributed by atoms with Crippen molar-refractivity contribution in [3.05, 3.63) is 35.9 Å². The molecule has 2 fully saturated rings. The molecule has 2 aliphatic heterocycles. The largest absolute Gasteiger partial charge is 0.480 e. The zero-order valence-corrected chi connectivity index (χ0v) is 18.7. The lowest BCUT2D eigenvalue weighted by molar-refractivity contribution is -0.149. The molecule has 10 heteroatoms. The molecule has 174 valence electrons. The van der Waals surface area contributed by atoms with E-state index in [2.05, 4.69) is 17.9 Å². The van der Waals surface area contributed by atoms with Crippen molar-refractivity contribution in [1.82, 2.24) is 15.1 Å². The van der Waals surface area contributed by atoms with Crippen LogP contribution in [0.25, 0.3) is 0 Å². The summed E-state index contributed by atoms with van der Waals surface area (Å²) in [6, 6.07) is 6.11. The van der Waals surface area contributed by atoms with Crippen LogP contribution in [0.2, 0.25) is 0 Å². The van der Waals surface area contributed by atoms with E-state index in [1.54, 1.807) is 0 Å². The number of likely N-dealkylation sites (tertiary alicyclic amines) is 2. The first kappa shape index (κ1) is 24.1. The van der Waals surface area contributed by atoms with Crippen molar-refractivity contribution in [2.45, 2.75) is 56.3 Å². The number of aliphatic carboxylic acids is 1. The number of nitrogens with two attached hydrogens (primary N) is 1. The maximum atomic E-state index is 13.0. The van der Waals surface area contributed by atoms with Crippen molar-refractivity contribution in [3.63, 3.8) is 0 Å². The Morgan fingerprint density at radius 3 is 2.22 bits per heavy atom. The average molecular weight is 463 g/mol. The molecule has 2 heterocycles. The minimum Gasteiger partial charge on any atom is -0.480 e. The van der Waals surface area contributed by atoms with Gasteiger partial charge < -0.3 is 26.0 Å². The van der Waals surface area contributed by atoms with Gasteiger partial charge in [-0.15, -0.1) is 0 Å². The maximum absolute atomic E-state index is 13.0. The highest BCUT2D eigenvalue weighted by Gasteiger charge is 2.40. The third kappa shape index (κ3) is 5.42. The van der Waals surface area contributed by atoms with Gasteiger partial charge in [0, 0.05) is 18.8 Å². The van der Waals surface area contributed by atoms with Gasteiger partial charge in [0.25, 0.3) is 0 Å². The summed E-state index contributed by atoms with van der Waals surface area (Å²) in [5, 5.41) is 12.0. The van der Waals surface area contributed by atoms with Crippen molar-refractivity contribution in [1.29, 1.82) is 0 Å². The van der Waals surface area contributed by atoms with E-state index in [-0.39, 0.29) is 11.7 Å². The van der Waals surface area contributed by atoms with Crippen LogP contribution in [0.3, 0.4) is 0 Å². The van der Waals surface area contributed by atoms with Crippen LogP contribution in [0.15, 0.2) is 30.3 Å². The second-order valence-electron chi connectivity index (χ2n) is 8.26. The zero-order chi connectivity index (χ0) is 23.3. The quantitative estimate of drug-likeness (QED) is 0.403. The number of carboxylic acid groups (broad SMARTS) is 1. The number of nitrogens with zero attached hydrogens (tertiary/aromatic N) is 2. The molecule has 0 spiro atoms. The molecule has 0 saturated carbocycles. The lowest BCUT2D eigenvalue weighted by Gasteiger charge is -2.30. The fraction of sp³-hybridized carbons (Fsp3) is 0.545. The molecule has 2 saturated heterocycles.